The van der Waals surface area contributed by atoms with E-state index in [2.05, 4.69) is 31.2 Å². The lowest BCUT2D eigenvalue weighted by Gasteiger charge is -2.11. The fourth-order valence-corrected chi connectivity index (χ4v) is 2.55. The van der Waals surface area contributed by atoms with Crippen LogP contribution < -0.4 is 5.32 Å². The second-order valence-electron chi connectivity index (χ2n) is 5.67. The molecule has 1 amide bonds. The van der Waals surface area contributed by atoms with Crippen LogP contribution in [0.2, 0.25) is 0 Å². The minimum absolute atomic E-state index is 0.0277. The Hall–Kier alpha value is -2.73. The van der Waals surface area contributed by atoms with E-state index in [0.717, 1.165) is 21.4 Å². The Bertz CT molecular complexity index is 877. The van der Waals surface area contributed by atoms with Gasteiger partial charge in [-0.25, -0.2) is 9.97 Å². The van der Waals surface area contributed by atoms with Gasteiger partial charge in [-0.2, -0.15) is 0 Å². The molecule has 6 heteroatoms. The van der Waals surface area contributed by atoms with Crippen LogP contribution in [0.1, 0.15) is 10.4 Å². The van der Waals surface area contributed by atoms with Crippen molar-refractivity contribution in [2.45, 2.75) is 0 Å². The summed E-state index contributed by atoms with van der Waals surface area (Å²) >= 11 is 3.43. The van der Waals surface area contributed by atoms with Crippen molar-refractivity contribution in [2.75, 3.05) is 19.4 Å². The first kappa shape index (κ1) is 17.1. The first-order valence-corrected chi connectivity index (χ1v) is 8.50. The second kappa shape index (κ2) is 7.44. The van der Waals surface area contributed by atoms with Gasteiger partial charge in [-0.15, -0.1) is 0 Å². The van der Waals surface area contributed by atoms with Crippen molar-refractivity contribution in [3.05, 3.63) is 70.8 Å². The van der Waals surface area contributed by atoms with Crippen molar-refractivity contribution in [3.63, 3.8) is 0 Å². The Labute approximate surface area is 154 Å². The maximum Gasteiger partial charge on any atom is 0.253 e. The summed E-state index contributed by atoms with van der Waals surface area (Å²) in [5, 5.41) is 3.16. The number of hydrogen-bond acceptors (Lipinski definition) is 4. The first-order valence-electron chi connectivity index (χ1n) is 7.70. The zero-order valence-electron chi connectivity index (χ0n) is 13.9. The Morgan fingerprint density at radius 1 is 1.00 bits per heavy atom. The van der Waals surface area contributed by atoms with E-state index in [1.165, 1.54) is 0 Å². The number of nitrogens with one attached hydrogen (secondary N) is 1. The van der Waals surface area contributed by atoms with Gasteiger partial charge in [-0.05, 0) is 42.5 Å². The normalized spacial score (nSPS) is 10.4. The van der Waals surface area contributed by atoms with Crippen molar-refractivity contribution in [3.8, 4) is 11.3 Å². The lowest BCUT2D eigenvalue weighted by molar-refractivity contribution is 0.0827. The molecule has 0 saturated heterocycles. The lowest BCUT2D eigenvalue weighted by atomic mass is 10.1. The van der Waals surface area contributed by atoms with Crippen LogP contribution in [0, 0.1) is 0 Å². The summed E-state index contributed by atoms with van der Waals surface area (Å²) in [5.74, 6) is 0.479. The third kappa shape index (κ3) is 4.22. The Balaban J connectivity index is 1.78. The van der Waals surface area contributed by atoms with Gasteiger partial charge in [0.25, 0.3) is 5.91 Å². The number of hydrogen-bond donors (Lipinski definition) is 1. The number of carbonyl (C=O) groups excluding carboxylic acids is 1. The van der Waals surface area contributed by atoms with Crippen molar-refractivity contribution in [1.29, 1.82) is 0 Å². The van der Waals surface area contributed by atoms with Gasteiger partial charge in [0.15, 0.2) is 0 Å². The predicted molar refractivity (Wildman–Crippen MR) is 103 cm³/mol. The van der Waals surface area contributed by atoms with Gasteiger partial charge in [0.2, 0.25) is 5.95 Å². The van der Waals surface area contributed by atoms with Crippen LogP contribution in [0.15, 0.2) is 65.3 Å². The van der Waals surface area contributed by atoms with Gasteiger partial charge in [-0.1, -0.05) is 28.1 Å². The van der Waals surface area contributed by atoms with Gasteiger partial charge in [0.1, 0.15) is 0 Å². The van der Waals surface area contributed by atoms with Gasteiger partial charge in [-0.3, -0.25) is 4.79 Å². The number of carbonyl (C=O) groups is 1. The summed E-state index contributed by atoms with van der Waals surface area (Å²) in [7, 11) is 3.46. The summed E-state index contributed by atoms with van der Waals surface area (Å²) in [6, 6.07) is 17.1. The van der Waals surface area contributed by atoms with Crippen LogP contribution in [-0.4, -0.2) is 34.9 Å². The highest BCUT2D eigenvalue weighted by atomic mass is 79.9. The van der Waals surface area contributed by atoms with Crippen LogP contribution in [0.3, 0.4) is 0 Å². The molecule has 0 radical (unpaired) electrons. The molecule has 0 fully saturated rings. The first-order chi connectivity index (χ1) is 12.0. The molecule has 0 unspecified atom stereocenters. The highest BCUT2D eigenvalue weighted by Gasteiger charge is 2.08. The maximum absolute atomic E-state index is 11.9. The summed E-state index contributed by atoms with van der Waals surface area (Å²) in [5.41, 5.74) is 3.31. The topological polar surface area (TPSA) is 58.1 Å². The molecular weight excluding hydrogens is 380 g/mol. The van der Waals surface area contributed by atoms with Crippen LogP contribution in [0.25, 0.3) is 11.3 Å². The smallest absolute Gasteiger partial charge is 0.253 e. The monoisotopic (exact) mass is 396 g/mol. The SMILES string of the molecule is CN(C)C(=O)c1ccc(Nc2nccc(-c3ccc(Br)cc3)n2)cc1. The summed E-state index contributed by atoms with van der Waals surface area (Å²) in [6.07, 6.45) is 1.72. The van der Waals surface area contributed by atoms with Crippen molar-refractivity contribution < 1.29 is 4.79 Å². The summed E-state index contributed by atoms with van der Waals surface area (Å²) < 4.78 is 1.02. The lowest BCUT2D eigenvalue weighted by Crippen LogP contribution is -2.21. The number of halogens is 1. The quantitative estimate of drug-likeness (QED) is 0.711. The number of anilines is 2. The van der Waals surface area contributed by atoms with Crippen molar-refractivity contribution in [2.24, 2.45) is 0 Å². The van der Waals surface area contributed by atoms with Crippen molar-refractivity contribution >= 4 is 33.5 Å². The Morgan fingerprint density at radius 3 is 2.32 bits per heavy atom. The highest BCUT2D eigenvalue weighted by molar-refractivity contribution is 9.10. The number of rotatable bonds is 4. The molecule has 0 aliphatic carbocycles. The third-order valence-electron chi connectivity index (χ3n) is 3.59. The zero-order chi connectivity index (χ0) is 17.8. The predicted octanol–water partition coefficient (Wildman–Crippen LogP) is 4.35. The maximum atomic E-state index is 11.9. The van der Waals surface area contributed by atoms with Crippen LogP contribution >= 0.6 is 15.9 Å². The molecule has 1 heterocycles. The fraction of sp³-hybridized carbons (Fsp3) is 0.105. The third-order valence-corrected chi connectivity index (χ3v) is 4.12. The van der Waals surface area contributed by atoms with Gasteiger partial charge in [0, 0.05) is 41.6 Å². The van der Waals surface area contributed by atoms with Crippen LogP contribution in [-0.2, 0) is 0 Å². The Morgan fingerprint density at radius 2 is 1.68 bits per heavy atom. The van der Waals surface area contributed by atoms with E-state index in [0.29, 0.717) is 11.5 Å². The molecule has 0 saturated carbocycles. The van der Waals surface area contributed by atoms with Gasteiger partial charge < -0.3 is 10.2 Å². The van der Waals surface area contributed by atoms with Gasteiger partial charge in [0.05, 0.1) is 5.69 Å². The number of amides is 1. The molecule has 0 aliphatic heterocycles. The van der Waals surface area contributed by atoms with E-state index < -0.39 is 0 Å². The van der Waals surface area contributed by atoms with E-state index in [9.17, 15) is 4.79 Å². The minimum atomic E-state index is -0.0277. The molecule has 0 bridgehead atoms. The molecule has 0 spiro atoms. The highest BCUT2D eigenvalue weighted by Crippen LogP contribution is 2.21. The van der Waals surface area contributed by atoms with E-state index in [1.807, 2.05) is 42.5 Å². The molecule has 1 N–H and O–H groups in total. The average molecular weight is 397 g/mol. The van der Waals surface area contributed by atoms with E-state index in [4.69, 9.17) is 0 Å². The molecule has 0 aliphatic rings. The molecule has 2 aromatic carbocycles. The molecule has 5 nitrogen and oxygen atoms in total. The molecule has 3 aromatic rings. The van der Waals surface area contributed by atoms with E-state index in [-0.39, 0.29) is 5.91 Å². The Kier molecular flexibility index (Phi) is 5.09. The minimum Gasteiger partial charge on any atom is -0.345 e. The fourth-order valence-electron chi connectivity index (χ4n) is 2.28. The van der Waals surface area contributed by atoms with E-state index >= 15 is 0 Å². The zero-order valence-corrected chi connectivity index (χ0v) is 15.5. The molecule has 0 atom stereocenters. The average Bonchev–Trinajstić information content (AvgIpc) is 2.62. The molecular formula is C19H17BrN4O. The summed E-state index contributed by atoms with van der Waals surface area (Å²) in [6.45, 7) is 0. The van der Waals surface area contributed by atoms with Crippen LogP contribution in [0.4, 0.5) is 11.6 Å². The number of benzene rings is 2. The van der Waals surface area contributed by atoms with Gasteiger partial charge >= 0.3 is 0 Å². The molecule has 25 heavy (non-hydrogen) atoms. The number of nitrogens with zero attached hydrogens (tertiary/aromatic N) is 3. The molecule has 126 valence electrons. The standard InChI is InChI=1S/C19H17BrN4O/c1-24(2)18(25)14-5-9-16(10-6-14)22-19-21-12-11-17(23-19)13-3-7-15(20)8-4-13/h3-12H,1-2H3,(H,21,22,23). The second-order valence-corrected chi connectivity index (χ2v) is 6.59. The summed E-state index contributed by atoms with van der Waals surface area (Å²) in [4.78, 5) is 22.3. The molecule has 3 rings (SSSR count). The van der Waals surface area contributed by atoms with Crippen molar-refractivity contribution in [1.82, 2.24) is 14.9 Å². The van der Waals surface area contributed by atoms with E-state index in [1.54, 1.807) is 37.3 Å². The largest absolute Gasteiger partial charge is 0.345 e. The van der Waals surface area contributed by atoms with Crippen LogP contribution in [0.5, 0.6) is 0 Å². The number of aromatic nitrogens is 2. The molecule has 1 aromatic heterocycles.